The van der Waals surface area contributed by atoms with Gasteiger partial charge in [0.1, 0.15) is 4.84 Å². The second-order valence-electron chi connectivity index (χ2n) is 3.99. The zero-order valence-corrected chi connectivity index (χ0v) is 13.0. The van der Waals surface area contributed by atoms with E-state index in [1.807, 2.05) is 6.92 Å². The Labute approximate surface area is 124 Å². The summed E-state index contributed by atoms with van der Waals surface area (Å²) in [6, 6.07) is 0. The minimum Gasteiger partial charge on any atom is -0.547 e. The third kappa shape index (κ3) is 19.8. The fraction of sp³-hybridized carbons (Fsp3) is 0.818. The molecule has 0 aromatic rings. The number of alkyl carbamates (subject to hydrolysis) is 1. The predicted molar refractivity (Wildman–Crippen MR) is 72.4 cm³/mol. The number of alkyl halides is 2. The number of carbonyl (C=O) groups is 2. The van der Waals surface area contributed by atoms with Gasteiger partial charge in [0.2, 0.25) is 0 Å². The predicted octanol–water partition coefficient (Wildman–Crippen LogP) is -0.803. The molecule has 0 bridgehead atoms. The number of carboxylic acids is 1. The SMILES string of the molecule is CCCOC(=O)NCCC[NH+](C)C.O=C([O-])C(Cl)Cl. The first kappa shape index (κ1) is 20.6. The number of nitrogens with one attached hydrogen (secondary N) is 2. The first-order valence-electron chi connectivity index (χ1n) is 5.99. The maximum atomic E-state index is 10.9. The number of carboxylic acid groups (broad SMARTS) is 1. The lowest BCUT2D eigenvalue weighted by Crippen LogP contribution is -3.05. The van der Waals surface area contributed by atoms with Crippen LogP contribution in [-0.2, 0) is 9.53 Å². The molecule has 6 nitrogen and oxygen atoms in total. The number of amides is 1. The molecule has 0 aliphatic carbocycles. The molecule has 114 valence electrons. The van der Waals surface area contributed by atoms with Gasteiger partial charge >= 0.3 is 6.09 Å². The van der Waals surface area contributed by atoms with E-state index in [1.165, 1.54) is 4.90 Å². The normalized spacial score (nSPS) is 9.84. The smallest absolute Gasteiger partial charge is 0.407 e. The lowest BCUT2D eigenvalue weighted by atomic mass is 10.4. The number of rotatable bonds is 7. The van der Waals surface area contributed by atoms with Crippen LogP contribution in [0, 0.1) is 0 Å². The van der Waals surface area contributed by atoms with Crippen LogP contribution in [0.4, 0.5) is 4.79 Å². The third-order valence-corrected chi connectivity index (χ3v) is 2.09. The summed E-state index contributed by atoms with van der Waals surface area (Å²) in [7, 11) is 4.19. The van der Waals surface area contributed by atoms with Crippen molar-refractivity contribution in [1.29, 1.82) is 0 Å². The molecule has 2 N–H and O–H groups in total. The van der Waals surface area contributed by atoms with Gasteiger partial charge in [0.05, 0.1) is 33.2 Å². The fourth-order valence-electron chi connectivity index (χ4n) is 0.878. The first-order valence-corrected chi connectivity index (χ1v) is 6.87. The maximum absolute atomic E-state index is 10.9. The van der Waals surface area contributed by atoms with Gasteiger partial charge in [-0.2, -0.15) is 0 Å². The van der Waals surface area contributed by atoms with E-state index in [0.717, 1.165) is 19.4 Å². The van der Waals surface area contributed by atoms with E-state index < -0.39 is 10.8 Å². The van der Waals surface area contributed by atoms with Crippen LogP contribution >= 0.6 is 23.2 Å². The van der Waals surface area contributed by atoms with Gasteiger partial charge in [-0.15, -0.1) is 0 Å². The molecule has 0 fully saturated rings. The molecule has 0 aliphatic heterocycles. The van der Waals surface area contributed by atoms with Crippen LogP contribution in [0.3, 0.4) is 0 Å². The average Bonchev–Trinajstić information content (AvgIpc) is 2.32. The number of hydrogen-bond donors (Lipinski definition) is 2. The van der Waals surface area contributed by atoms with Crippen LogP contribution in [-0.4, -0.2) is 50.7 Å². The average molecular weight is 317 g/mol. The molecular weight excluding hydrogens is 295 g/mol. The van der Waals surface area contributed by atoms with Crippen molar-refractivity contribution >= 4 is 35.3 Å². The minimum atomic E-state index is -1.46. The molecule has 0 aliphatic rings. The zero-order chi connectivity index (χ0) is 15.3. The molecule has 0 atom stereocenters. The van der Waals surface area contributed by atoms with Crippen molar-refractivity contribution in [3.8, 4) is 0 Å². The molecule has 8 heteroatoms. The highest BCUT2D eigenvalue weighted by Gasteiger charge is 2.00. The Kier molecular flexibility index (Phi) is 14.9. The zero-order valence-electron chi connectivity index (χ0n) is 11.5. The van der Waals surface area contributed by atoms with E-state index in [1.54, 1.807) is 0 Å². The Morgan fingerprint density at radius 1 is 1.37 bits per heavy atom. The van der Waals surface area contributed by atoms with Gasteiger partial charge in [0.25, 0.3) is 0 Å². The summed E-state index contributed by atoms with van der Waals surface area (Å²) in [4.78, 5) is 20.2. The standard InChI is InChI=1S/C9H20N2O2.C2H2Cl2O2/c1-4-8-13-9(12)10-6-5-7-11(2)3;3-1(4)2(5)6/h4-8H2,1-3H3,(H,10,12);1H,(H,5,6). The van der Waals surface area contributed by atoms with Gasteiger partial charge in [-0.25, -0.2) is 4.79 Å². The van der Waals surface area contributed by atoms with Crippen molar-refractivity contribution in [3.63, 3.8) is 0 Å². The highest BCUT2D eigenvalue weighted by molar-refractivity contribution is 6.52. The molecule has 19 heavy (non-hydrogen) atoms. The highest BCUT2D eigenvalue weighted by Crippen LogP contribution is 1.96. The Morgan fingerprint density at radius 2 is 1.89 bits per heavy atom. The van der Waals surface area contributed by atoms with Crippen molar-refractivity contribution in [2.45, 2.75) is 24.6 Å². The summed E-state index contributed by atoms with van der Waals surface area (Å²) in [5.41, 5.74) is 0. The van der Waals surface area contributed by atoms with Crippen LogP contribution in [0.15, 0.2) is 0 Å². The largest absolute Gasteiger partial charge is 0.547 e. The number of aliphatic carboxylic acids is 1. The van der Waals surface area contributed by atoms with Gasteiger partial charge in [-0.05, 0) is 6.42 Å². The minimum absolute atomic E-state index is 0.296. The van der Waals surface area contributed by atoms with E-state index in [9.17, 15) is 14.7 Å². The Bertz CT molecular complexity index is 251. The summed E-state index contributed by atoms with van der Waals surface area (Å²) >= 11 is 9.43. The monoisotopic (exact) mass is 316 g/mol. The fourth-order valence-corrected chi connectivity index (χ4v) is 0.878. The number of quaternary nitrogens is 1. The molecule has 0 heterocycles. The van der Waals surface area contributed by atoms with Gasteiger partial charge in [-0.1, -0.05) is 30.1 Å². The number of carbonyl (C=O) groups excluding carboxylic acids is 2. The van der Waals surface area contributed by atoms with E-state index >= 15 is 0 Å². The summed E-state index contributed by atoms with van der Waals surface area (Å²) < 4.78 is 4.84. The van der Waals surface area contributed by atoms with Crippen LogP contribution in [0.1, 0.15) is 19.8 Å². The van der Waals surface area contributed by atoms with E-state index in [4.69, 9.17) is 27.9 Å². The van der Waals surface area contributed by atoms with Crippen molar-refractivity contribution in [3.05, 3.63) is 0 Å². The summed E-state index contributed by atoms with van der Waals surface area (Å²) in [6.07, 6.45) is 1.56. The molecule has 1 amide bonds. The van der Waals surface area contributed by atoms with E-state index in [-0.39, 0.29) is 6.09 Å². The molecule has 0 aromatic heterocycles. The lowest BCUT2D eigenvalue weighted by Gasteiger charge is -2.08. The van der Waals surface area contributed by atoms with Gasteiger partial charge in [0.15, 0.2) is 0 Å². The second kappa shape index (κ2) is 13.7. The maximum Gasteiger partial charge on any atom is 0.407 e. The highest BCUT2D eigenvalue weighted by atomic mass is 35.5. The molecule has 0 saturated heterocycles. The van der Waals surface area contributed by atoms with Crippen molar-refractivity contribution in [1.82, 2.24) is 5.32 Å². The number of halogens is 2. The lowest BCUT2D eigenvalue weighted by molar-refractivity contribution is -0.858. The van der Waals surface area contributed by atoms with Gasteiger partial charge < -0.3 is 24.9 Å². The van der Waals surface area contributed by atoms with E-state index in [2.05, 4.69) is 19.4 Å². The molecular formula is C11H22Cl2N2O4. The van der Waals surface area contributed by atoms with Crippen molar-refractivity contribution < 1.29 is 24.3 Å². The second-order valence-corrected chi connectivity index (χ2v) is 5.09. The van der Waals surface area contributed by atoms with Gasteiger partial charge in [-0.3, -0.25) is 0 Å². The molecule has 0 saturated carbocycles. The van der Waals surface area contributed by atoms with Crippen molar-refractivity contribution in [2.75, 3.05) is 33.8 Å². The van der Waals surface area contributed by atoms with Crippen LogP contribution in [0.25, 0.3) is 0 Å². The summed E-state index contributed by atoms with van der Waals surface area (Å²) in [5, 5.41) is 12.0. The molecule has 0 radical (unpaired) electrons. The van der Waals surface area contributed by atoms with Crippen LogP contribution < -0.4 is 15.3 Å². The number of ether oxygens (including phenoxy) is 1. The Morgan fingerprint density at radius 3 is 2.26 bits per heavy atom. The van der Waals surface area contributed by atoms with Gasteiger partial charge in [0, 0.05) is 13.0 Å². The Hall–Kier alpha value is -0.720. The summed E-state index contributed by atoms with van der Waals surface area (Å²) in [5.74, 6) is -1.46. The molecule has 0 unspecified atom stereocenters. The molecule has 0 spiro atoms. The van der Waals surface area contributed by atoms with E-state index in [0.29, 0.717) is 13.2 Å². The van der Waals surface area contributed by atoms with Crippen LogP contribution in [0.5, 0.6) is 0 Å². The van der Waals surface area contributed by atoms with Crippen molar-refractivity contribution in [2.24, 2.45) is 0 Å². The Balaban J connectivity index is 0. The summed E-state index contributed by atoms with van der Waals surface area (Å²) in [6.45, 7) is 4.25. The van der Waals surface area contributed by atoms with Crippen LogP contribution in [0.2, 0.25) is 0 Å². The molecule has 0 aromatic carbocycles. The quantitative estimate of drug-likeness (QED) is 0.476. The molecule has 0 rings (SSSR count). The third-order valence-electron chi connectivity index (χ3n) is 1.74. The topological polar surface area (TPSA) is 82.9 Å². The first-order chi connectivity index (χ1) is 8.81. The number of hydrogen-bond acceptors (Lipinski definition) is 4.